The first-order valence-electron chi connectivity index (χ1n) is 9.09. The van der Waals surface area contributed by atoms with Crippen LogP contribution in [0.2, 0.25) is 20.1 Å². The third-order valence-corrected chi connectivity index (χ3v) is 5.29. The number of rotatable bonds is 5. The highest BCUT2D eigenvalue weighted by molar-refractivity contribution is 6.43. The van der Waals surface area contributed by atoms with Crippen LogP contribution in [0.1, 0.15) is 15.9 Å². The topological polar surface area (TPSA) is 96.9 Å². The van der Waals surface area contributed by atoms with Crippen LogP contribution in [0.4, 0.5) is 5.69 Å². The number of hydrogen-bond acceptors (Lipinski definition) is 5. The van der Waals surface area contributed by atoms with Gasteiger partial charge >= 0.3 is 17.8 Å². The fourth-order valence-corrected chi connectivity index (χ4v) is 3.20. The molecule has 168 valence electrons. The highest BCUT2D eigenvalue weighted by Gasteiger charge is 2.14. The maximum Gasteiger partial charge on any atom is 0.345 e. The van der Waals surface area contributed by atoms with Gasteiger partial charge in [-0.05, 0) is 66.2 Å². The van der Waals surface area contributed by atoms with Gasteiger partial charge in [-0.3, -0.25) is 9.59 Å². The van der Waals surface area contributed by atoms with E-state index < -0.39 is 17.8 Å². The van der Waals surface area contributed by atoms with Crippen LogP contribution in [0.25, 0.3) is 0 Å². The molecule has 11 heteroatoms. The molecule has 3 aromatic carbocycles. The van der Waals surface area contributed by atoms with Crippen molar-refractivity contribution in [2.24, 2.45) is 5.10 Å². The molecule has 0 bridgehead atoms. The van der Waals surface area contributed by atoms with E-state index in [-0.39, 0.29) is 21.4 Å². The third kappa shape index (κ3) is 6.94. The molecule has 0 atom stereocenters. The number of carbonyl (C=O) groups is 3. The van der Waals surface area contributed by atoms with Crippen molar-refractivity contribution in [2.45, 2.75) is 0 Å². The summed E-state index contributed by atoms with van der Waals surface area (Å²) in [6, 6.07) is 15.1. The first-order chi connectivity index (χ1) is 15.7. The molecule has 0 unspecified atom stereocenters. The van der Waals surface area contributed by atoms with Crippen LogP contribution in [0, 0.1) is 0 Å². The highest BCUT2D eigenvalue weighted by Crippen LogP contribution is 2.25. The Morgan fingerprint density at radius 2 is 1.52 bits per heavy atom. The zero-order valence-corrected chi connectivity index (χ0v) is 19.5. The molecule has 0 saturated carbocycles. The number of ether oxygens (including phenoxy) is 1. The Bertz CT molecular complexity index is 1250. The minimum atomic E-state index is -0.984. The van der Waals surface area contributed by atoms with Gasteiger partial charge in [-0.15, -0.1) is 0 Å². The number of anilines is 1. The molecule has 0 aliphatic rings. The number of esters is 1. The van der Waals surface area contributed by atoms with Gasteiger partial charge in [0.05, 0.1) is 26.8 Å². The fourth-order valence-electron chi connectivity index (χ4n) is 2.42. The van der Waals surface area contributed by atoms with Crippen molar-refractivity contribution in [1.29, 1.82) is 0 Å². The van der Waals surface area contributed by atoms with Crippen molar-refractivity contribution >= 4 is 76.1 Å². The predicted molar refractivity (Wildman–Crippen MR) is 129 cm³/mol. The van der Waals surface area contributed by atoms with E-state index in [2.05, 4.69) is 15.8 Å². The van der Waals surface area contributed by atoms with E-state index in [0.29, 0.717) is 21.3 Å². The second kappa shape index (κ2) is 11.2. The summed E-state index contributed by atoms with van der Waals surface area (Å²) in [6.45, 7) is 0. The number of hydrazone groups is 1. The molecule has 0 radical (unpaired) electrons. The Balaban J connectivity index is 1.53. The van der Waals surface area contributed by atoms with Crippen LogP contribution in [-0.4, -0.2) is 24.0 Å². The predicted octanol–water partition coefficient (Wildman–Crippen LogP) is 5.61. The lowest BCUT2D eigenvalue weighted by Gasteiger charge is -2.06. The van der Waals surface area contributed by atoms with Gasteiger partial charge in [-0.1, -0.05) is 46.4 Å². The van der Waals surface area contributed by atoms with E-state index in [1.165, 1.54) is 54.7 Å². The summed E-state index contributed by atoms with van der Waals surface area (Å²) in [4.78, 5) is 36.0. The number of nitrogens with zero attached hydrogens (tertiary/aromatic N) is 1. The second-order valence-corrected chi connectivity index (χ2v) is 8.02. The van der Waals surface area contributed by atoms with E-state index in [4.69, 9.17) is 51.1 Å². The fraction of sp³-hybridized carbons (Fsp3) is 0. The summed E-state index contributed by atoms with van der Waals surface area (Å²) in [6.07, 6.45) is 1.31. The van der Waals surface area contributed by atoms with Crippen LogP contribution in [0.15, 0.2) is 65.8 Å². The maximum atomic E-state index is 12.2. The quantitative estimate of drug-likeness (QED) is 0.149. The third-order valence-electron chi connectivity index (χ3n) is 4.01. The van der Waals surface area contributed by atoms with Gasteiger partial charge in [0.25, 0.3) is 0 Å². The summed E-state index contributed by atoms with van der Waals surface area (Å²) >= 11 is 23.5. The number of nitrogens with one attached hydrogen (secondary N) is 2. The average molecular weight is 525 g/mol. The van der Waals surface area contributed by atoms with E-state index in [1.54, 1.807) is 12.1 Å². The maximum absolute atomic E-state index is 12.2. The number of benzene rings is 3. The van der Waals surface area contributed by atoms with Crippen molar-refractivity contribution in [1.82, 2.24) is 5.43 Å². The lowest BCUT2D eigenvalue weighted by atomic mass is 10.2. The van der Waals surface area contributed by atoms with E-state index in [1.807, 2.05) is 0 Å². The molecule has 0 fully saturated rings. The monoisotopic (exact) mass is 523 g/mol. The van der Waals surface area contributed by atoms with E-state index >= 15 is 0 Å². The van der Waals surface area contributed by atoms with Gasteiger partial charge in [-0.25, -0.2) is 10.2 Å². The molecule has 0 spiro atoms. The summed E-state index contributed by atoms with van der Waals surface area (Å²) in [5.41, 5.74) is 3.16. The minimum Gasteiger partial charge on any atom is -0.423 e. The van der Waals surface area contributed by atoms with Gasteiger partial charge in [0.2, 0.25) is 0 Å². The molecular weight excluding hydrogens is 512 g/mol. The Morgan fingerprint density at radius 3 is 2.18 bits per heavy atom. The van der Waals surface area contributed by atoms with Gasteiger partial charge in [-0.2, -0.15) is 5.10 Å². The molecule has 2 amide bonds. The number of hydrogen-bond donors (Lipinski definition) is 2. The molecule has 3 aromatic rings. The van der Waals surface area contributed by atoms with E-state index in [9.17, 15) is 14.4 Å². The molecule has 0 aliphatic heterocycles. The van der Waals surface area contributed by atoms with Crippen molar-refractivity contribution in [3.63, 3.8) is 0 Å². The Morgan fingerprint density at radius 1 is 0.788 bits per heavy atom. The molecule has 0 aromatic heterocycles. The van der Waals surface area contributed by atoms with Crippen molar-refractivity contribution in [3.05, 3.63) is 91.9 Å². The summed E-state index contributed by atoms with van der Waals surface area (Å²) < 4.78 is 5.27. The van der Waals surface area contributed by atoms with Gasteiger partial charge in [0.1, 0.15) is 5.75 Å². The molecule has 0 saturated heterocycles. The second-order valence-electron chi connectivity index (χ2n) is 6.36. The molecule has 7 nitrogen and oxygen atoms in total. The first kappa shape index (κ1) is 24.5. The van der Waals surface area contributed by atoms with Gasteiger partial charge in [0.15, 0.2) is 0 Å². The Hall–Kier alpha value is -3.10. The van der Waals surface area contributed by atoms with Crippen LogP contribution >= 0.6 is 46.4 Å². The summed E-state index contributed by atoms with van der Waals surface area (Å²) in [7, 11) is 0. The smallest absolute Gasteiger partial charge is 0.345 e. The SMILES string of the molecule is O=C(N/N=C/c1ccc(OC(=O)c2ccc(Cl)cc2Cl)cc1)C(=O)Nc1ccc(Cl)c(Cl)c1. The summed E-state index contributed by atoms with van der Waals surface area (Å²) in [5.74, 6) is -2.29. The largest absolute Gasteiger partial charge is 0.423 e. The Kier molecular flexibility index (Phi) is 8.30. The van der Waals surface area contributed by atoms with Crippen molar-refractivity contribution < 1.29 is 19.1 Å². The average Bonchev–Trinajstić information content (AvgIpc) is 2.77. The van der Waals surface area contributed by atoms with Crippen molar-refractivity contribution in [3.8, 4) is 5.75 Å². The minimum absolute atomic E-state index is 0.175. The zero-order valence-electron chi connectivity index (χ0n) is 16.4. The lowest BCUT2D eigenvalue weighted by molar-refractivity contribution is -0.136. The number of carbonyl (C=O) groups excluding carboxylic acids is 3. The van der Waals surface area contributed by atoms with Crippen LogP contribution in [-0.2, 0) is 9.59 Å². The number of amides is 2. The molecule has 0 aliphatic carbocycles. The standard InChI is InChI=1S/C22H13Cl4N3O4/c23-13-3-7-16(18(25)9-13)22(32)33-15-5-1-12(2-6-15)11-27-29-21(31)20(30)28-14-4-8-17(24)19(26)10-14/h1-11H,(H,28,30)(H,29,31)/b27-11+. The van der Waals surface area contributed by atoms with Gasteiger partial charge < -0.3 is 10.1 Å². The lowest BCUT2D eigenvalue weighted by Crippen LogP contribution is -2.32. The number of halogens is 4. The van der Waals surface area contributed by atoms with Crippen LogP contribution in [0.5, 0.6) is 5.75 Å². The molecule has 3 rings (SSSR count). The van der Waals surface area contributed by atoms with Crippen LogP contribution < -0.4 is 15.5 Å². The van der Waals surface area contributed by atoms with E-state index in [0.717, 1.165) is 0 Å². The molecular formula is C22H13Cl4N3O4. The Labute approximate surface area is 208 Å². The van der Waals surface area contributed by atoms with Crippen molar-refractivity contribution in [2.75, 3.05) is 5.32 Å². The molecule has 2 N–H and O–H groups in total. The summed E-state index contributed by atoms with van der Waals surface area (Å²) in [5, 5.41) is 7.23. The normalized spacial score (nSPS) is 10.7. The van der Waals surface area contributed by atoms with Gasteiger partial charge in [0, 0.05) is 10.7 Å². The highest BCUT2D eigenvalue weighted by atomic mass is 35.5. The molecule has 33 heavy (non-hydrogen) atoms. The first-order valence-corrected chi connectivity index (χ1v) is 10.6. The molecule has 0 heterocycles. The van der Waals surface area contributed by atoms with Crippen LogP contribution in [0.3, 0.4) is 0 Å². The zero-order chi connectivity index (χ0) is 24.0.